The highest BCUT2D eigenvalue weighted by Gasteiger charge is 2.20. The molecule has 0 radical (unpaired) electrons. The number of esters is 1. The number of benzene rings is 2. The number of pyridine rings is 1. The van der Waals surface area contributed by atoms with Gasteiger partial charge in [-0.3, -0.25) is 9.59 Å². The van der Waals surface area contributed by atoms with E-state index in [4.69, 9.17) is 20.8 Å². The predicted molar refractivity (Wildman–Crippen MR) is 132 cm³/mol. The third kappa shape index (κ3) is 5.67. The molecule has 2 heterocycles. The van der Waals surface area contributed by atoms with Gasteiger partial charge in [0.25, 0.3) is 5.91 Å². The summed E-state index contributed by atoms with van der Waals surface area (Å²) in [5.41, 5.74) is 1.76. The van der Waals surface area contributed by atoms with E-state index in [9.17, 15) is 14.4 Å². The molecule has 1 N–H and O–H groups in total. The van der Waals surface area contributed by atoms with Crippen LogP contribution in [0.3, 0.4) is 0 Å². The SMILES string of the molecule is Cc1ccc(-c2cc(C(=O)OCC(=O)N(C)CC(=O)Nc3ccccc3Cl)c3ccccc3n2)o1. The van der Waals surface area contributed by atoms with Crippen LogP contribution >= 0.6 is 11.6 Å². The zero-order valence-electron chi connectivity index (χ0n) is 19.1. The third-order valence-corrected chi connectivity index (χ3v) is 5.54. The fourth-order valence-electron chi connectivity index (χ4n) is 3.41. The molecule has 178 valence electrons. The number of carbonyl (C=O) groups excluding carboxylic acids is 3. The van der Waals surface area contributed by atoms with Crippen LogP contribution in [0.25, 0.3) is 22.4 Å². The number of likely N-dealkylation sites (N-methyl/N-ethyl adjacent to an activating group) is 1. The van der Waals surface area contributed by atoms with Gasteiger partial charge in [0, 0.05) is 12.4 Å². The first kappa shape index (κ1) is 24.0. The molecule has 0 spiro atoms. The van der Waals surface area contributed by atoms with Crippen molar-refractivity contribution in [3.05, 3.63) is 83.1 Å². The summed E-state index contributed by atoms with van der Waals surface area (Å²) in [4.78, 5) is 43.4. The Bertz CT molecular complexity index is 1420. The minimum Gasteiger partial charge on any atom is -0.460 e. The van der Waals surface area contributed by atoms with Crippen molar-refractivity contribution in [1.29, 1.82) is 0 Å². The normalized spacial score (nSPS) is 10.7. The lowest BCUT2D eigenvalue weighted by atomic mass is 10.1. The Labute approximate surface area is 206 Å². The Morgan fingerprint density at radius 2 is 1.80 bits per heavy atom. The van der Waals surface area contributed by atoms with Crippen molar-refractivity contribution >= 4 is 46.0 Å². The van der Waals surface area contributed by atoms with Crippen molar-refractivity contribution in [2.75, 3.05) is 25.5 Å². The molecule has 4 rings (SSSR count). The molecular formula is C26H22ClN3O5. The number of fused-ring (bicyclic) bond motifs is 1. The van der Waals surface area contributed by atoms with E-state index < -0.39 is 24.4 Å². The van der Waals surface area contributed by atoms with Gasteiger partial charge in [0.05, 0.1) is 28.3 Å². The number of furan rings is 1. The average Bonchev–Trinajstić information content (AvgIpc) is 3.29. The van der Waals surface area contributed by atoms with E-state index in [-0.39, 0.29) is 12.1 Å². The van der Waals surface area contributed by atoms with Crippen LogP contribution < -0.4 is 5.32 Å². The molecule has 2 aromatic carbocycles. The summed E-state index contributed by atoms with van der Waals surface area (Å²) in [5.74, 6) is -0.420. The Balaban J connectivity index is 1.43. The quantitative estimate of drug-likeness (QED) is 0.376. The van der Waals surface area contributed by atoms with Crippen molar-refractivity contribution in [3.8, 4) is 11.5 Å². The highest BCUT2D eigenvalue weighted by atomic mass is 35.5. The van der Waals surface area contributed by atoms with Crippen LogP contribution in [0.15, 0.2) is 71.1 Å². The van der Waals surface area contributed by atoms with Crippen molar-refractivity contribution in [3.63, 3.8) is 0 Å². The van der Waals surface area contributed by atoms with E-state index in [1.165, 1.54) is 11.9 Å². The predicted octanol–water partition coefficient (Wildman–Crippen LogP) is 4.71. The van der Waals surface area contributed by atoms with Gasteiger partial charge in [0.15, 0.2) is 12.4 Å². The molecule has 8 nitrogen and oxygen atoms in total. The van der Waals surface area contributed by atoms with E-state index in [0.29, 0.717) is 38.8 Å². The number of aromatic nitrogens is 1. The van der Waals surface area contributed by atoms with Gasteiger partial charge < -0.3 is 19.4 Å². The maximum atomic E-state index is 12.9. The number of nitrogens with one attached hydrogen (secondary N) is 1. The standard InChI is InChI=1S/C26H22ClN3O5/c1-16-11-12-23(35-16)22-13-18(17-7-3-5-9-20(17)28-22)26(33)34-15-25(32)30(2)14-24(31)29-21-10-6-4-8-19(21)27/h3-13H,14-15H2,1-2H3,(H,29,31). The lowest BCUT2D eigenvalue weighted by Crippen LogP contribution is -2.37. The van der Waals surface area contributed by atoms with Gasteiger partial charge in [-0.05, 0) is 43.3 Å². The van der Waals surface area contributed by atoms with E-state index in [0.717, 1.165) is 0 Å². The summed E-state index contributed by atoms with van der Waals surface area (Å²) < 4.78 is 10.9. The lowest BCUT2D eigenvalue weighted by molar-refractivity contribution is -0.136. The largest absolute Gasteiger partial charge is 0.460 e. The highest BCUT2D eigenvalue weighted by Crippen LogP contribution is 2.27. The van der Waals surface area contributed by atoms with Crippen LogP contribution in [0.1, 0.15) is 16.1 Å². The first-order valence-electron chi connectivity index (χ1n) is 10.7. The monoisotopic (exact) mass is 491 g/mol. The summed E-state index contributed by atoms with van der Waals surface area (Å²) in [6.07, 6.45) is 0. The molecule has 0 saturated heterocycles. The highest BCUT2D eigenvalue weighted by molar-refractivity contribution is 6.33. The molecule has 2 aromatic heterocycles. The van der Waals surface area contributed by atoms with E-state index in [1.54, 1.807) is 60.7 Å². The van der Waals surface area contributed by atoms with Crippen LogP contribution in [0.5, 0.6) is 0 Å². The summed E-state index contributed by atoms with van der Waals surface area (Å²) in [6.45, 7) is 1.05. The first-order chi connectivity index (χ1) is 16.8. The van der Waals surface area contributed by atoms with Crippen molar-refractivity contribution < 1.29 is 23.5 Å². The second kappa shape index (κ2) is 10.4. The molecule has 4 aromatic rings. The minimum atomic E-state index is -0.685. The summed E-state index contributed by atoms with van der Waals surface area (Å²) in [5, 5.41) is 3.62. The number of nitrogens with zero attached hydrogens (tertiary/aromatic N) is 2. The second-order valence-corrected chi connectivity index (χ2v) is 8.24. The maximum Gasteiger partial charge on any atom is 0.339 e. The first-order valence-corrected chi connectivity index (χ1v) is 11.1. The van der Waals surface area contributed by atoms with Crippen LogP contribution in [0.4, 0.5) is 5.69 Å². The van der Waals surface area contributed by atoms with Gasteiger partial charge >= 0.3 is 5.97 Å². The zero-order chi connectivity index (χ0) is 24.9. The molecule has 35 heavy (non-hydrogen) atoms. The Morgan fingerprint density at radius 1 is 1.06 bits per heavy atom. The molecule has 2 amide bonds. The number of anilines is 1. The molecule has 9 heteroatoms. The number of hydrogen-bond donors (Lipinski definition) is 1. The number of amides is 2. The van der Waals surface area contributed by atoms with Crippen molar-refractivity contribution in [1.82, 2.24) is 9.88 Å². The van der Waals surface area contributed by atoms with Crippen LogP contribution in [0, 0.1) is 6.92 Å². The van der Waals surface area contributed by atoms with Gasteiger partial charge in [-0.25, -0.2) is 9.78 Å². The van der Waals surface area contributed by atoms with Gasteiger partial charge in [-0.15, -0.1) is 0 Å². The van der Waals surface area contributed by atoms with Crippen LogP contribution in [-0.2, 0) is 14.3 Å². The molecule has 0 saturated carbocycles. The van der Waals surface area contributed by atoms with E-state index >= 15 is 0 Å². The van der Waals surface area contributed by atoms with E-state index in [2.05, 4.69) is 10.3 Å². The van der Waals surface area contributed by atoms with Crippen LogP contribution in [-0.4, -0.2) is 47.9 Å². The van der Waals surface area contributed by atoms with Gasteiger partial charge in [0.2, 0.25) is 5.91 Å². The fraction of sp³-hybridized carbons (Fsp3) is 0.154. The smallest absolute Gasteiger partial charge is 0.339 e. The lowest BCUT2D eigenvalue weighted by Gasteiger charge is -2.17. The number of rotatable bonds is 7. The number of halogens is 1. The molecule has 0 bridgehead atoms. The van der Waals surface area contributed by atoms with Crippen molar-refractivity contribution in [2.24, 2.45) is 0 Å². The topological polar surface area (TPSA) is 102 Å². The minimum absolute atomic E-state index is 0.234. The molecule has 0 unspecified atom stereocenters. The third-order valence-electron chi connectivity index (χ3n) is 5.21. The zero-order valence-corrected chi connectivity index (χ0v) is 19.8. The van der Waals surface area contributed by atoms with Gasteiger partial charge in [-0.1, -0.05) is 41.9 Å². The number of hydrogen-bond acceptors (Lipinski definition) is 6. The summed E-state index contributed by atoms with van der Waals surface area (Å²) in [7, 11) is 1.45. The van der Waals surface area contributed by atoms with E-state index in [1.807, 2.05) is 13.0 Å². The number of carbonyl (C=O) groups is 3. The molecule has 0 aliphatic heterocycles. The molecule has 0 atom stereocenters. The molecule has 0 aliphatic rings. The summed E-state index contributed by atoms with van der Waals surface area (Å²) in [6, 6.07) is 19.1. The van der Waals surface area contributed by atoms with Gasteiger partial charge in [-0.2, -0.15) is 0 Å². The second-order valence-electron chi connectivity index (χ2n) is 7.84. The number of ether oxygens (including phenoxy) is 1. The Hall–Kier alpha value is -4.17. The number of aryl methyl sites for hydroxylation is 1. The Kier molecular flexibility index (Phi) is 7.12. The number of para-hydroxylation sites is 2. The molecule has 0 fully saturated rings. The Morgan fingerprint density at radius 3 is 2.54 bits per heavy atom. The average molecular weight is 492 g/mol. The molecular weight excluding hydrogens is 470 g/mol. The van der Waals surface area contributed by atoms with Gasteiger partial charge in [0.1, 0.15) is 11.5 Å². The summed E-state index contributed by atoms with van der Waals surface area (Å²) >= 11 is 6.04. The fourth-order valence-corrected chi connectivity index (χ4v) is 3.60. The van der Waals surface area contributed by atoms with Crippen LogP contribution in [0.2, 0.25) is 5.02 Å². The van der Waals surface area contributed by atoms with Crippen molar-refractivity contribution in [2.45, 2.75) is 6.92 Å². The molecule has 0 aliphatic carbocycles. The maximum absolute atomic E-state index is 12.9.